The van der Waals surface area contributed by atoms with Crippen LogP contribution in [-0.2, 0) is 6.42 Å². The van der Waals surface area contributed by atoms with Crippen LogP contribution in [0.2, 0.25) is 0 Å². The Morgan fingerprint density at radius 1 is 1.48 bits per heavy atom. The Morgan fingerprint density at radius 3 is 3.17 bits per heavy atom. The second-order valence-electron chi connectivity index (χ2n) is 6.66. The summed E-state index contributed by atoms with van der Waals surface area (Å²) < 4.78 is 5.62. The van der Waals surface area contributed by atoms with Crippen LogP contribution in [0.1, 0.15) is 25.3 Å². The molecule has 0 aliphatic carbocycles. The largest absolute Gasteiger partial charge is 0.493 e. The molecule has 5 nitrogen and oxygen atoms in total. The first-order valence-corrected chi connectivity index (χ1v) is 8.66. The maximum atomic E-state index is 12.5. The van der Waals surface area contributed by atoms with Crippen molar-refractivity contribution in [2.24, 2.45) is 5.92 Å². The van der Waals surface area contributed by atoms with Crippen molar-refractivity contribution in [2.45, 2.75) is 26.2 Å². The number of ether oxygens (including phenoxy) is 1. The SMILES string of the molecule is CCN(C)C[C@@H]1CCN(C(=O)Nc2ccc3c(c2)CCCO3)C1. The smallest absolute Gasteiger partial charge is 0.321 e. The van der Waals surface area contributed by atoms with Crippen molar-refractivity contribution in [3.8, 4) is 5.75 Å². The number of nitrogens with zero attached hydrogens (tertiary/aromatic N) is 2. The van der Waals surface area contributed by atoms with E-state index in [9.17, 15) is 4.79 Å². The molecule has 126 valence electrons. The minimum absolute atomic E-state index is 0.0170. The summed E-state index contributed by atoms with van der Waals surface area (Å²) in [5.74, 6) is 1.54. The highest BCUT2D eigenvalue weighted by molar-refractivity contribution is 5.89. The van der Waals surface area contributed by atoms with Crippen molar-refractivity contribution in [1.29, 1.82) is 0 Å². The fraction of sp³-hybridized carbons (Fsp3) is 0.611. The first kappa shape index (κ1) is 16.1. The molecule has 3 rings (SSSR count). The quantitative estimate of drug-likeness (QED) is 0.929. The number of hydrogen-bond donors (Lipinski definition) is 1. The van der Waals surface area contributed by atoms with Gasteiger partial charge in [0.15, 0.2) is 0 Å². The molecule has 0 unspecified atom stereocenters. The van der Waals surface area contributed by atoms with E-state index in [2.05, 4.69) is 24.2 Å². The summed E-state index contributed by atoms with van der Waals surface area (Å²) in [5.41, 5.74) is 2.06. The predicted molar refractivity (Wildman–Crippen MR) is 92.1 cm³/mol. The number of carbonyl (C=O) groups excluding carboxylic acids is 1. The molecule has 2 aliphatic heterocycles. The third-order valence-corrected chi connectivity index (χ3v) is 4.84. The summed E-state index contributed by atoms with van der Waals surface area (Å²) in [6.07, 6.45) is 3.16. The standard InChI is InChI=1S/C18H27N3O2/c1-3-20(2)12-14-8-9-21(13-14)18(22)19-16-6-7-17-15(11-16)5-4-10-23-17/h6-7,11,14H,3-5,8-10,12-13H2,1-2H3,(H,19,22)/t14-/m0/s1. The molecular formula is C18H27N3O2. The predicted octanol–water partition coefficient (Wildman–Crippen LogP) is 2.82. The zero-order valence-electron chi connectivity index (χ0n) is 14.2. The van der Waals surface area contributed by atoms with Crippen molar-refractivity contribution in [3.05, 3.63) is 23.8 Å². The molecule has 1 aromatic carbocycles. The van der Waals surface area contributed by atoms with E-state index in [0.29, 0.717) is 5.92 Å². The van der Waals surface area contributed by atoms with Gasteiger partial charge in [0, 0.05) is 25.3 Å². The lowest BCUT2D eigenvalue weighted by molar-refractivity contribution is 0.218. The lowest BCUT2D eigenvalue weighted by atomic mass is 10.1. The lowest BCUT2D eigenvalue weighted by Crippen LogP contribution is -2.34. The Kier molecular flexibility index (Phi) is 5.06. The fourth-order valence-corrected chi connectivity index (χ4v) is 3.38. The molecule has 1 saturated heterocycles. The number of aryl methyl sites for hydroxylation is 1. The molecule has 0 bridgehead atoms. The third-order valence-electron chi connectivity index (χ3n) is 4.84. The van der Waals surface area contributed by atoms with Crippen LogP contribution in [0.25, 0.3) is 0 Å². The van der Waals surface area contributed by atoms with Crippen LogP contribution in [0.5, 0.6) is 5.75 Å². The van der Waals surface area contributed by atoms with Gasteiger partial charge in [-0.25, -0.2) is 4.79 Å². The fourth-order valence-electron chi connectivity index (χ4n) is 3.38. The molecule has 5 heteroatoms. The van der Waals surface area contributed by atoms with E-state index in [1.165, 1.54) is 5.56 Å². The van der Waals surface area contributed by atoms with Crippen LogP contribution in [0, 0.1) is 5.92 Å². The van der Waals surface area contributed by atoms with Gasteiger partial charge in [0.1, 0.15) is 5.75 Å². The molecule has 1 N–H and O–H groups in total. The van der Waals surface area contributed by atoms with Gasteiger partial charge in [0.25, 0.3) is 0 Å². The zero-order chi connectivity index (χ0) is 16.2. The van der Waals surface area contributed by atoms with Crippen LogP contribution >= 0.6 is 0 Å². The minimum Gasteiger partial charge on any atom is -0.493 e. The number of urea groups is 1. The third kappa shape index (κ3) is 3.96. The number of benzene rings is 1. The average molecular weight is 317 g/mol. The zero-order valence-corrected chi connectivity index (χ0v) is 14.2. The molecule has 0 radical (unpaired) electrons. The average Bonchev–Trinajstić information content (AvgIpc) is 3.03. The molecule has 2 heterocycles. The summed E-state index contributed by atoms with van der Waals surface area (Å²) in [7, 11) is 2.14. The number of anilines is 1. The molecule has 0 spiro atoms. The molecule has 1 fully saturated rings. The molecule has 23 heavy (non-hydrogen) atoms. The molecule has 2 aliphatic rings. The highest BCUT2D eigenvalue weighted by Crippen LogP contribution is 2.28. The Balaban J connectivity index is 1.55. The van der Waals surface area contributed by atoms with E-state index in [4.69, 9.17) is 4.74 Å². The monoisotopic (exact) mass is 317 g/mol. The number of carbonyl (C=O) groups is 1. The highest BCUT2D eigenvalue weighted by Gasteiger charge is 2.27. The number of rotatable bonds is 4. The summed E-state index contributed by atoms with van der Waals surface area (Å²) in [4.78, 5) is 16.7. The summed E-state index contributed by atoms with van der Waals surface area (Å²) in [6, 6.07) is 5.96. The Morgan fingerprint density at radius 2 is 2.35 bits per heavy atom. The second-order valence-corrected chi connectivity index (χ2v) is 6.66. The van der Waals surface area contributed by atoms with Gasteiger partial charge in [-0.05, 0) is 62.5 Å². The summed E-state index contributed by atoms with van der Waals surface area (Å²) in [5, 5.41) is 3.04. The van der Waals surface area contributed by atoms with Crippen LogP contribution in [0.15, 0.2) is 18.2 Å². The molecule has 0 saturated carbocycles. The number of fused-ring (bicyclic) bond motifs is 1. The number of likely N-dealkylation sites (tertiary alicyclic amines) is 1. The first-order valence-electron chi connectivity index (χ1n) is 8.66. The van der Waals surface area contributed by atoms with E-state index in [1.54, 1.807) is 0 Å². The second kappa shape index (κ2) is 7.21. The van der Waals surface area contributed by atoms with Gasteiger partial charge >= 0.3 is 6.03 Å². The number of amides is 2. The highest BCUT2D eigenvalue weighted by atomic mass is 16.5. The molecule has 0 aromatic heterocycles. The van der Waals surface area contributed by atoms with Crippen LogP contribution in [0.4, 0.5) is 10.5 Å². The normalized spacial score (nSPS) is 20.3. The Bertz CT molecular complexity index is 561. The number of nitrogens with one attached hydrogen (secondary N) is 1. The Labute approximate surface area is 138 Å². The molecule has 2 amide bonds. The van der Waals surface area contributed by atoms with Gasteiger partial charge in [-0.2, -0.15) is 0 Å². The Hall–Kier alpha value is -1.75. The summed E-state index contributed by atoms with van der Waals surface area (Å²) in [6.45, 7) is 6.78. The van der Waals surface area contributed by atoms with Gasteiger partial charge < -0.3 is 19.9 Å². The van der Waals surface area contributed by atoms with E-state index < -0.39 is 0 Å². The van der Waals surface area contributed by atoms with Crippen molar-refractivity contribution < 1.29 is 9.53 Å². The lowest BCUT2D eigenvalue weighted by Gasteiger charge is -2.21. The van der Waals surface area contributed by atoms with Gasteiger partial charge in [-0.15, -0.1) is 0 Å². The van der Waals surface area contributed by atoms with Crippen molar-refractivity contribution in [3.63, 3.8) is 0 Å². The van der Waals surface area contributed by atoms with Crippen molar-refractivity contribution in [2.75, 3.05) is 45.2 Å². The minimum atomic E-state index is 0.0170. The van der Waals surface area contributed by atoms with Gasteiger partial charge in [0.2, 0.25) is 0 Å². The van der Waals surface area contributed by atoms with Crippen LogP contribution in [0.3, 0.4) is 0 Å². The molecular weight excluding hydrogens is 290 g/mol. The van der Waals surface area contributed by atoms with E-state index in [-0.39, 0.29) is 6.03 Å². The van der Waals surface area contributed by atoms with Crippen molar-refractivity contribution >= 4 is 11.7 Å². The number of hydrogen-bond acceptors (Lipinski definition) is 3. The topological polar surface area (TPSA) is 44.8 Å². The van der Waals surface area contributed by atoms with E-state index in [0.717, 1.165) is 63.5 Å². The molecule has 1 aromatic rings. The maximum Gasteiger partial charge on any atom is 0.321 e. The maximum absolute atomic E-state index is 12.5. The van der Waals surface area contributed by atoms with Crippen LogP contribution < -0.4 is 10.1 Å². The van der Waals surface area contributed by atoms with Gasteiger partial charge in [0.05, 0.1) is 6.61 Å². The van der Waals surface area contributed by atoms with Crippen molar-refractivity contribution in [1.82, 2.24) is 9.80 Å². The summed E-state index contributed by atoms with van der Waals surface area (Å²) >= 11 is 0. The van der Waals surface area contributed by atoms with E-state index >= 15 is 0 Å². The van der Waals surface area contributed by atoms with Crippen LogP contribution in [-0.4, -0.2) is 55.7 Å². The van der Waals surface area contributed by atoms with E-state index in [1.807, 2.05) is 23.1 Å². The van der Waals surface area contributed by atoms with Gasteiger partial charge in [-0.3, -0.25) is 0 Å². The first-order chi connectivity index (χ1) is 11.2. The molecule has 1 atom stereocenters. The van der Waals surface area contributed by atoms with Gasteiger partial charge in [-0.1, -0.05) is 6.92 Å².